The van der Waals surface area contributed by atoms with Gasteiger partial charge in [-0.3, -0.25) is 4.79 Å². The Bertz CT molecular complexity index is 713. The Morgan fingerprint density at radius 1 is 1.32 bits per heavy atom. The first-order valence-electron chi connectivity index (χ1n) is 6.84. The molecule has 0 radical (unpaired) electrons. The molecule has 0 spiro atoms. The first-order valence-corrected chi connectivity index (χ1v) is 6.84. The lowest BCUT2D eigenvalue weighted by Crippen LogP contribution is -2.14. The van der Waals surface area contributed by atoms with Gasteiger partial charge in [0.15, 0.2) is 11.5 Å². The van der Waals surface area contributed by atoms with Crippen LogP contribution in [0.3, 0.4) is 0 Å². The van der Waals surface area contributed by atoms with Crippen LogP contribution < -0.4 is 4.74 Å². The van der Waals surface area contributed by atoms with Crippen LogP contribution >= 0.6 is 0 Å². The molecule has 2 rings (SSSR count). The molecule has 6 heteroatoms. The fourth-order valence-corrected chi connectivity index (χ4v) is 2.01. The second-order valence-corrected chi connectivity index (χ2v) is 4.66. The van der Waals surface area contributed by atoms with Crippen molar-refractivity contribution in [2.75, 3.05) is 7.11 Å². The summed E-state index contributed by atoms with van der Waals surface area (Å²) in [5.41, 5.74) is 0.0283. The number of hydrogen-bond acceptors (Lipinski definition) is 5. The second-order valence-electron chi connectivity index (χ2n) is 4.66. The molecule has 0 amide bonds. The first kappa shape index (κ1) is 15.6. The van der Waals surface area contributed by atoms with Gasteiger partial charge < -0.3 is 9.84 Å². The van der Waals surface area contributed by atoms with Crippen LogP contribution in [0.25, 0.3) is 0 Å². The number of ether oxygens (including phenoxy) is 1. The van der Waals surface area contributed by atoms with Crippen LogP contribution in [0.15, 0.2) is 30.5 Å². The van der Waals surface area contributed by atoms with Gasteiger partial charge >= 0.3 is 5.97 Å². The van der Waals surface area contributed by atoms with Crippen molar-refractivity contribution in [1.82, 2.24) is 9.97 Å². The van der Waals surface area contributed by atoms with Crippen molar-refractivity contribution in [3.05, 3.63) is 53.1 Å². The highest BCUT2D eigenvalue weighted by Gasteiger charge is 2.21. The molecule has 0 atom stereocenters. The van der Waals surface area contributed by atoms with Gasteiger partial charge in [0.2, 0.25) is 0 Å². The Kier molecular flexibility index (Phi) is 4.83. The smallest absolute Gasteiger partial charge is 0.355 e. The minimum Gasteiger partial charge on any atom is -0.497 e. The van der Waals surface area contributed by atoms with Crippen LogP contribution in [0.5, 0.6) is 5.75 Å². The summed E-state index contributed by atoms with van der Waals surface area (Å²) in [7, 11) is 1.49. The Labute approximate surface area is 127 Å². The minimum absolute atomic E-state index is 0.0272. The number of methoxy groups -OCH3 is 1. The maximum absolute atomic E-state index is 12.5. The van der Waals surface area contributed by atoms with Gasteiger partial charge in [0, 0.05) is 18.2 Å². The van der Waals surface area contributed by atoms with E-state index in [1.54, 1.807) is 24.3 Å². The lowest BCUT2D eigenvalue weighted by atomic mass is 10.0. The van der Waals surface area contributed by atoms with E-state index in [0.717, 1.165) is 6.42 Å². The molecule has 0 aliphatic rings. The fourth-order valence-electron chi connectivity index (χ4n) is 2.01. The molecule has 1 N–H and O–H groups in total. The average Bonchev–Trinajstić information content (AvgIpc) is 2.54. The number of carbonyl (C=O) groups is 2. The molecule has 6 nitrogen and oxygen atoms in total. The van der Waals surface area contributed by atoms with E-state index in [4.69, 9.17) is 4.74 Å². The van der Waals surface area contributed by atoms with Crippen molar-refractivity contribution in [2.45, 2.75) is 19.8 Å². The molecule has 0 aliphatic heterocycles. The monoisotopic (exact) mass is 300 g/mol. The van der Waals surface area contributed by atoms with E-state index in [2.05, 4.69) is 9.97 Å². The lowest BCUT2D eigenvalue weighted by Gasteiger charge is -2.07. The van der Waals surface area contributed by atoms with Gasteiger partial charge in [-0.2, -0.15) is 0 Å². The molecule has 2 aromatic rings. The summed E-state index contributed by atoms with van der Waals surface area (Å²) in [6.45, 7) is 1.94. The number of ketones is 1. The number of rotatable bonds is 6. The Balaban J connectivity index is 2.46. The van der Waals surface area contributed by atoms with E-state index in [9.17, 15) is 14.7 Å². The zero-order valence-corrected chi connectivity index (χ0v) is 12.4. The zero-order valence-electron chi connectivity index (χ0n) is 12.4. The summed E-state index contributed by atoms with van der Waals surface area (Å²) in [5, 5.41) is 9.29. The minimum atomic E-state index is -1.24. The molecule has 0 bridgehead atoms. The number of nitrogens with zero attached hydrogens (tertiary/aromatic N) is 2. The third-order valence-electron chi connectivity index (χ3n) is 3.09. The highest BCUT2D eigenvalue weighted by molar-refractivity contribution is 6.13. The van der Waals surface area contributed by atoms with E-state index in [-0.39, 0.29) is 11.3 Å². The van der Waals surface area contributed by atoms with Gasteiger partial charge in [0.25, 0.3) is 0 Å². The highest BCUT2D eigenvalue weighted by atomic mass is 16.5. The van der Waals surface area contributed by atoms with E-state index in [0.29, 0.717) is 23.6 Å². The van der Waals surface area contributed by atoms with Gasteiger partial charge in [-0.1, -0.05) is 19.1 Å². The van der Waals surface area contributed by atoms with Crippen molar-refractivity contribution in [1.29, 1.82) is 0 Å². The summed E-state index contributed by atoms with van der Waals surface area (Å²) >= 11 is 0. The lowest BCUT2D eigenvalue weighted by molar-refractivity contribution is 0.0685. The van der Waals surface area contributed by atoms with Crippen LogP contribution in [0.2, 0.25) is 0 Å². The summed E-state index contributed by atoms with van der Waals surface area (Å²) in [5.74, 6) is -0.751. The molecule has 0 saturated heterocycles. The Morgan fingerprint density at radius 3 is 2.73 bits per heavy atom. The van der Waals surface area contributed by atoms with Crippen LogP contribution in [0.1, 0.15) is 45.6 Å². The topological polar surface area (TPSA) is 89.4 Å². The number of aromatic nitrogens is 2. The Morgan fingerprint density at radius 2 is 2.09 bits per heavy atom. The third-order valence-corrected chi connectivity index (χ3v) is 3.09. The molecule has 1 aromatic carbocycles. The number of aryl methyl sites for hydroxylation is 1. The molecule has 0 unspecified atom stereocenters. The Hall–Kier alpha value is -2.76. The number of hydrogen-bond donors (Lipinski definition) is 1. The van der Waals surface area contributed by atoms with Crippen molar-refractivity contribution in [2.24, 2.45) is 0 Å². The molecule has 1 aromatic heterocycles. The third kappa shape index (κ3) is 3.28. The predicted molar refractivity (Wildman–Crippen MR) is 79.4 cm³/mol. The maximum atomic E-state index is 12.5. The molecular formula is C16H16N2O4. The van der Waals surface area contributed by atoms with Gasteiger partial charge in [-0.15, -0.1) is 0 Å². The summed E-state index contributed by atoms with van der Waals surface area (Å²) in [6.07, 6.45) is 2.64. The van der Waals surface area contributed by atoms with Crippen molar-refractivity contribution >= 4 is 11.8 Å². The summed E-state index contributed by atoms with van der Waals surface area (Å²) < 4.78 is 5.07. The van der Waals surface area contributed by atoms with Crippen LogP contribution in [0, 0.1) is 0 Å². The first-order chi connectivity index (χ1) is 10.6. The molecule has 0 saturated carbocycles. The molecule has 114 valence electrons. The molecule has 1 heterocycles. The molecule has 22 heavy (non-hydrogen) atoms. The molecule has 0 fully saturated rings. The number of carbonyl (C=O) groups excluding carboxylic acids is 1. The van der Waals surface area contributed by atoms with E-state index < -0.39 is 11.8 Å². The number of carboxylic acid groups (broad SMARTS) is 1. The maximum Gasteiger partial charge on any atom is 0.355 e. The predicted octanol–water partition coefficient (Wildman–Crippen LogP) is 2.37. The SMILES string of the molecule is CCCc1ncc(C(=O)c2cccc(OC)c2)c(C(=O)O)n1. The summed E-state index contributed by atoms with van der Waals surface area (Å²) in [4.78, 5) is 31.9. The van der Waals surface area contributed by atoms with Crippen LogP contribution in [-0.2, 0) is 6.42 Å². The standard InChI is InChI=1S/C16H16N2O4/c1-3-5-13-17-9-12(14(18-13)16(20)21)15(19)10-6-4-7-11(8-10)22-2/h4,6-9H,3,5H2,1-2H3,(H,20,21). The largest absolute Gasteiger partial charge is 0.497 e. The van der Waals surface area contributed by atoms with Crippen molar-refractivity contribution < 1.29 is 19.4 Å². The van der Waals surface area contributed by atoms with Crippen LogP contribution in [-0.4, -0.2) is 33.9 Å². The number of aromatic carboxylic acids is 1. The quantitative estimate of drug-likeness (QED) is 0.824. The average molecular weight is 300 g/mol. The normalized spacial score (nSPS) is 10.3. The van der Waals surface area contributed by atoms with Crippen molar-refractivity contribution in [3.8, 4) is 5.75 Å². The number of benzene rings is 1. The fraction of sp³-hybridized carbons (Fsp3) is 0.250. The van der Waals surface area contributed by atoms with Gasteiger partial charge in [-0.25, -0.2) is 14.8 Å². The zero-order chi connectivity index (χ0) is 16.1. The highest BCUT2D eigenvalue weighted by Crippen LogP contribution is 2.18. The van der Waals surface area contributed by atoms with E-state index >= 15 is 0 Å². The molecule has 0 aliphatic carbocycles. The molecular weight excluding hydrogens is 284 g/mol. The van der Waals surface area contributed by atoms with Crippen LogP contribution in [0.4, 0.5) is 0 Å². The van der Waals surface area contributed by atoms with Gasteiger partial charge in [0.1, 0.15) is 11.6 Å². The van der Waals surface area contributed by atoms with Crippen molar-refractivity contribution in [3.63, 3.8) is 0 Å². The second kappa shape index (κ2) is 6.80. The summed E-state index contributed by atoms with van der Waals surface area (Å²) in [6, 6.07) is 6.51. The van der Waals surface area contributed by atoms with Gasteiger partial charge in [-0.05, 0) is 18.6 Å². The number of carboxylic acids is 1. The van der Waals surface area contributed by atoms with E-state index in [1.165, 1.54) is 13.3 Å². The van der Waals surface area contributed by atoms with E-state index in [1.807, 2.05) is 6.92 Å². The van der Waals surface area contributed by atoms with Gasteiger partial charge in [0.05, 0.1) is 12.7 Å².